The molecule has 0 aromatic rings. The zero-order valence-corrected chi connectivity index (χ0v) is 14.7. The maximum atomic E-state index is 13.3. The summed E-state index contributed by atoms with van der Waals surface area (Å²) >= 11 is 0. The largest absolute Gasteiger partial charge is 0.405 e. The van der Waals surface area contributed by atoms with Gasteiger partial charge in [-0.15, -0.1) is 12.4 Å². The highest BCUT2D eigenvalue weighted by Crippen LogP contribution is 2.25. The van der Waals surface area contributed by atoms with Gasteiger partial charge in [-0.3, -0.25) is 9.69 Å². The van der Waals surface area contributed by atoms with E-state index in [9.17, 15) is 22.8 Å². The van der Waals surface area contributed by atoms with Crippen LogP contribution < -0.4 is 16.4 Å². The number of piperidine rings is 1. The summed E-state index contributed by atoms with van der Waals surface area (Å²) in [6, 6.07) is -2.30. The van der Waals surface area contributed by atoms with Crippen LogP contribution in [-0.4, -0.2) is 79.8 Å². The second-order valence-corrected chi connectivity index (χ2v) is 6.21. The summed E-state index contributed by atoms with van der Waals surface area (Å²) in [7, 11) is 0. The molecule has 0 saturated carbocycles. The Bertz CT molecular complexity index is 460. The number of rotatable bonds is 4. The molecule has 146 valence electrons. The van der Waals surface area contributed by atoms with Gasteiger partial charge in [0.05, 0.1) is 5.92 Å². The molecule has 0 aromatic heterocycles. The van der Waals surface area contributed by atoms with Gasteiger partial charge >= 0.3 is 12.2 Å². The fraction of sp³-hybridized carbons (Fsp3) is 0.857. The van der Waals surface area contributed by atoms with Crippen LogP contribution in [0.1, 0.15) is 12.8 Å². The predicted molar refractivity (Wildman–Crippen MR) is 88.4 cm³/mol. The van der Waals surface area contributed by atoms with Crippen molar-refractivity contribution >= 4 is 24.3 Å². The van der Waals surface area contributed by atoms with E-state index in [1.165, 1.54) is 9.80 Å². The SMILES string of the molecule is Cl.NC(=O)N1CCCC(C(=O)NCC(N2CCNCC2)C(F)(F)F)C1. The van der Waals surface area contributed by atoms with Crippen molar-refractivity contribution in [3.63, 3.8) is 0 Å². The van der Waals surface area contributed by atoms with Crippen LogP contribution in [0, 0.1) is 5.92 Å². The number of hydrogen-bond donors (Lipinski definition) is 3. The Morgan fingerprint density at radius 2 is 1.88 bits per heavy atom. The van der Waals surface area contributed by atoms with Gasteiger partial charge in [0, 0.05) is 45.8 Å². The summed E-state index contributed by atoms with van der Waals surface area (Å²) in [5, 5.41) is 5.42. The predicted octanol–water partition coefficient (Wildman–Crippen LogP) is 0.151. The van der Waals surface area contributed by atoms with E-state index in [0.29, 0.717) is 45.6 Å². The van der Waals surface area contributed by atoms with Gasteiger partial charge in [0.15, 0.2) is 0 Å². The number of halogens is 4. The third-order valence-electron chi connectivity index (χ3n) is 4.54. The van der Waals surface area contributed by atoms with Gasteiger partial charge in [0.2, 0.25) is 5.91 Å². The molecule has 2 aliphatic rings. The first-order valence-corrected chi connectivity index (χ1v) is 8.12. The Hall–Kier alpha value is -1.26. The minimum Gasteiger partial charge on any atom is -0.354 e. The molecular formula is C14H25ClF3N5O2. The molecule has 2 unspecified atom stereocenters. The van der Waals surface area contributed by atoms with E-state index < -0.39 is 36.6 Å². The summed E-state index contributed by atoms with van der Waals surface area (Å²) in [4.78, 5) is 26.1. The van der Waals surface area contributed by atoms with Crippen LogP contribution >= 0.6 is 12.4 Å². The number of primary amides is 1. The first kappa shape index (κ1) is 21.8. The first-order valence-electron chi connectivity index (χ1n) is 8.12. The molecular weight excluding hydrogens is 363 g/mol. The number of nitrogens with two attached hydrogens (primary N) is 1. The molecule has 7 nitrogen and oxygen atoms in total. The molecule has 0 spiro atoms. The summed E-state index contributed by atoms with van der Waals surface area (Å²) < 4.78 is 39.8. The lowest BCUT2D eigenvalue weighted by molar-refractivity contribution is -0.184. The van der Waals surface area contributed by atoms with E-state index in [4.69, 9.17) is 5.73 Å². The first-order chi connectivity index (χ1) is 11.3. The maximum Gasteiger partial charge on any atom is 0.405 e. The molecule has 2 aliphatic heterocycles. The topological polar surface area (TPSA) is 90.7 Å². The van der Waals surface area contributed by atoms with Crippen LogP contribution in [-0.2, 0) is 4.79 Å². The van der Waals surface area contributed by atoms with Crippen LogP contribution in [0.4, 0.5) is 18.0 Å². The second kappa shape index (κ2) is 9.44. The van der Waals surface area contributed by atoms with E-state index in [0.717, 1.165) is 0 Å². The van der Waals surface area contributed by atoms with Gasteiger partial charge < -0.3 is 21.3 Å². The smallest absolute Gasteiger partial charge is 0.354 e. The number of hydrogen-bond acceptors (Lipinski definition) is 4. The number of nitrogens with one attached hydrogen (secondary N) is 2. The molecule has 2 heterocycles. The van der Waals surface area contributed by atoms with Crippen molar-refractivity contribution in [2.75, 3.05) is 45.8 Å². The van der Waals surface area contributed by atoms with Crippen molar-refractivity contribution in [1.82, 2.24) is 20.4 Å². The minimum atomic E-state index is -4.41. The molecule has 0 aromatic carbocycles. The van der Waals surface area contributed by atoms with Crippen molar-refractivity contribution in [2.24, 2.45) is 11.7 Å². The van der Waals surface area contributed by atoms with Crippen molar-refractivity contribution in [3.8, 4) is 0 Å². The monoisotopic (exact) mass is 387 g/mol. The number of urea groups is 1. The molecule has 0 aliphatic carbocycles. The lowest BCUT2D eigenvalue weighted by Gasteiger charge is -2.36. The number of amides is 3. The number of carbonyl (C=O) groups excluding carboxylic acids is 2. The molecule has 25 heavy (non-hydrogen) atoms. The lowest BCUT2D eigenvalue weighted by Crippen LogP contribution is -2.58. The Morgan fingerprint density at radius 3 is 2.44 bits per heavy atom. The fourth-order valence-electron chi connectivity index (χ4n) is 3.18. The highest BCUT2D eigenvalue weighted by Gasteiger charge is 2.44. The third kappa shape index (κ3) is 6.19. The fourth-order valence-corrected chi connectivity index (χ4v) is 3.18. The van der Waals surface area contributed by atoms with Crippen molar-refractivity contribution in [2.45, 2.75) is 25.1 Å². The zero-order chi connectivity index (χ0) is 17.7. The molecule has 2 saturated heterocycles. The average molecular weight is 388 g/mol. The Kier molecular flexibility index (Phi) is 8.23. The van der Waals surface area contributed by atoms with Crippen LogP contribution in [0.3, 0.4) is 0 Å². The number of nitrogens with zero attached hydrogens (tertiary/aromatic N) is 2. The molecule has 2 atom stereocenters. The van der Waals surface area contributed by atoms with Crippen molar-refractivity contribution in [3.05, 3.63) is 0 Å². The third-order valence-corrected chi connectivity index (χ3v) is 4.54. The van der Waals surface area contributed by atoms with Crippen LogP contribution in [0.15, 0.2) is 0 Å². The minimum absolute atomic E-state index is 0. The van der Waals surface area contributed by atoms with Gasteiger partial charge in [-0.05, 0) is 12.8 Å². The molecule has 2 rings (SSSR count). The zero-order valence-electron chi connectivity index (χ0n) is 13.8. The van der Waals surface area contributed by atoms with Crippen LogP contribution in [0.25, 0.3) is 0 Å². The molecule has 2 fully saturated rings. The van der Waals surface area contributed by atoms with Crippen molar-refractivity contribution < 1.29 is 22.8 Å². The number of carbonyl (C=O) groups is 2. The molecule has 11 heteroatoms. The molecule has 0 radical (unpaired) electrons. The summed E-state index contributed by atoms with van der Waals surface area (Å²) in [6.45, 7) is 1.73. The van der Waals surface area contributed by atoms with E-state index in [1.807, 2.05) is 0 Å². The van der Waals surface area contributed by atoms with Gasteiger partial charge in [0.1, 0.15) is 6.04 Å². The highest BCUT2D eigenvalue weighted by atomic mass is 35.5. The molecule has 4 N–H and O–H groups in total. The number of piperazine rings is 1. The van der Waals surface area contributed by atoms with E-state index in [-0.39, 0.29) is 19.0 Å². The second-order valence-electron chi connectivity index (χ2n) is 6.21. The quantitative estimate of drug-likeness (QED) is 0.640. The van der Waals surface area contributed by atoms with E-state index in [1.54, 1.807) is 0 Å². The summed E-state index contributed by atoms with van der Waals surface area (Å²) in [6.07, 6.45) is -3.25. The van der Waals surface area contributed by atoms with Crippen LogP contribution in [0.2, 0.25) is 0 Å². The summed E-state index contributed by atoms with van der Waals surface area (Å²) in [5.41, 5.74) is 5.20. The van der Waals surface area contributed by atoms with Crippen molar-refractivity contribution in [1.29, 1.82) is 0 Å². The van der Waals surface area contributed by atoms with Gasteiger partial charge in [-0.25, -0.2) is 4.79 Å². The molecule has 0 bridgehead atoms. The lowest BCUT2D eigenvalue weighted by atomic mass is 9.97. The Morgan fingerprint density at radius 1 is 1.24 bits per heavy atom. The normalized spacial score (nSPS) is 23.5. The van der Waals surface area contributed by atoms with Gasteiger partial charge in [0.25, 0.3) is 0 Å². The van der Waals surface area contributed by atoms with Gasteiger partial charge in [-0.2, -0.15) is 13.2 Å². The Balaban J connectivity index is 0.00000312. The number of alkyl halides is 3. The Labute approximate surface area is 150 Å². The average Bonchev–Trinajstić information content (AvgIpc) is 2.54. The standard InChI is InChI=1S/C14H24F3N5O2.ClH/c15-14(16,17)11(21-6-3-19-4-7-21)8-20-12(23)10-2-1-5-22(9-10)13(18)24;/h10-11,19H,1-9H2,(H2,18,24)(H,20,23);1H. The van der Waals surface area contributed by atoms with E-state index in [2.05, 4.69) is 10.6 Å². The molecule has 3 amide bonds. The summed E-state index contributed by atoms with van der Waals surface area (Å²) in [5.74, 6) is -0.964. The van der Waals surface area contributed by atoms with E-state index >= 15 is 0 Å². The van der Waals surface area contributed by atoms with Crippen LogP contribution in [0.5, 0.6) is 0 Å². The maximum absolute atomic E-state index is 13.3. The number of likely N-dealkylation sites (tertiary alicyclic amines) is 1. The van der Waals surface area contributed by atoms with Gasteiger partial charge in [-0.1, -0.05) is 0 Å². The highest BCUT2D eigenvalue weighted by molar-refractivity contribution is 5.85.